The lowest BCUT2D eigenvalue weighted by molar-refractivity contribution is 0.0669. The van der Waals surface area contributed by atoms with Gasteiger partial charge in [0.25, 0.3) is 0 Å². The lowest BCUT2D eigenvalue weighted by Gasteiger charge is -2.38. The first-order valence-corrected chi connectivity index (χ1v) is 6.78. The van der Waals surface area contributed by atoms with Crippen molar-refractivity contribution in [3.63, 3.8) is 0 Å². The Hall–Kier alpha value is -0.160. The van der Waals surface area contributed by atoms with Crippen LogP contribution in [-0.4, -0.2) is 74.5 Å². The van der Waals surface area contributed by atoms with Crippen LogP contribution in [0.2, 0.25) is 0 Å². The monoisotopic (exact) mass is 242 g/mol. The highest BCUT2D eigenvalue weighted by molar-refractivity contribution is 4.88. The summed E-state index contributed by atoms with van der Waals surface area (Å²) in [5.74, 6) is 1.10. The summed E-state index contributed by atoms with van der Waals surface area (Å²) < 4.78 is 5.66. The molecule has 0 radical (unpaired) electrons. The third kappa shape index (κ3) is 3.41. The quantitative estimate of drug-likeness (QED) is 0.767. The fraction of sp³-hybridized carbons (Fsp3) is 1.00. The summed E-state index contributed by atoms with van der Waals surface area (Å²) >= 11 is 0. The van der Waals surface area contributed by atoms with Gasteiger partial charge in [-0.15, -0.1) is 0 Å². The maximum atomic E-state index is 9.30. The molecule has 100 valence electrons. The standard InChI is InChI=1S/C13H26N2O2/c1-14(2)7-12-9-17-10-13(12)15-5-3-4-11(6-15)8-16/h11-13,16H,3-10H2,1-2H3. The molecular formula is C13H26N2O2. The zero-order valence-corrected chi connectivity index (χ0v) is 11.1. The number of likely N-dealkylation sites (tertiary alicyclic amines) is 1. The fourth-order valence-electron chi connectivity index (χ4n) is 3.18. The van der Waals surface area contributed by atoms with Gasteiger partial charge in [-0.1, -0.05) is 0 Å². The zero-order chi connectivity index (χ0) is 12.3. The second-order valence-electron chi connectivity index (χ2n) is 5.81. The number of aliphatic hydroxyl groups excluding tert-OH is 1. The molecule has 4 nitrogen and oxygen atoms in total. The SMILES string of the molecule is CN(C)CC1COCC1N1CCCC(CO)C1. The maximum Gasteiger partial charge on any atom is 0.0626 e. The lowest BCUT2D eigenvalue weighted by atomic mass is 9.94. The van der Waals surface area contributed by atoms with Gasteiger partial charge < -0.3 is 14.7 Å². The lowest BCUT2D eigenvalue weighted by Crippen LogP contribution is -2.48. The van der Waals surface area contributed by atoms with Crippen molar-refractivity contribution < 1.29 is 9.84 Å². The largest absolute Gasteiger partial charge is 0.396 e. The number of hydrogen-bond donors (Lipinski definition) is 1. The summed E-state index contributed by atoms with van der Waals surface area (Å²) in [6, 6.07) is 0.562. The van der Waals surface area contributed by atoms with Crippen LogP contribution >= 0.6 is 0 Å². The van der Waals surface area contributed by atoms with Gasteiger partial charge in [0, 0.05) is 31.7 Å². The molecule has 0 aromatic heterocycles. The minimum Gasteiger partial charge on any atom is -0.396 e. The Morgan fingerprint density at radius 1 is 1.35 bits per heavy atom. The Kier molecular flexibility index (Phi) is 4.79. The highest BCUT2D eigenvalue weighted by Crippen LogP contribution is 2.25. The molecule has 0 aromatic rings. The van der Waals surface area contributed by atoms with Crippen LogP contribution in [0, 0.1) is 11.8 Å². The third-order valence-electron chi connectivity index (χ3n) is 4.04. The van der Waals surface area contributed by atoms with Crippen molar-refractivity contribution in [3.8, 4) is 0 Å². The summed E-state index contributed by atoms with van der Waals surface area (Å²) in [4.78, 5) is 4.80. The zero-order valence-electron chi connectivity index (χ0n) is 11.1. The minimum absolute atomic E-state index is 0.336. The predicted octanol–water partition coefficient (Wildman–Crippen LogP) is 0.267. The molecule has 2 fully saturated rings. The molecule has 0 aliphatic carbocycles. The molecule has 0 aromatic carbocycles. The van der Waals surface area contributed by atoms with Crippen LogP contribution in [-0.2, 0) is 4.74 Å². The first-order valence-electron chi connectivity index (χ1n) is 6.78. The highest BCUT2D eigenvalue weighted by Gasteiger charge is 2.35. The smallest absolute Gasteiger partial charge is 0.0626 e. The summed E-state index contributed by atoms with van der Waals surface area (Å²) in [6.45, 7) is 5.43. The van der Waals surface area contributed by atoms with Gasteiger partial charge in [-0.25, -0.2) is 0 Å². The van der Waals surface area contributed by atoms with Crippen molar-refractivity contribution >= 4 is 0 Å². The molecule has 2 heterocycles. The van der Waals surface area contributed by atoms with E-state index >= 15 is 0 Å². The predicted molar refractivity (Wildman–Crippen MR) is 68.0 cm³/mol. The Labute approximate surface area is 105 Å². The number of nitrogens with zero attached hydrogens (tertiary/aromatic N) is 2. The van der Waals surface area contributed by atoms with Crippen LogP contribution in [0.1, 0.15) is 12.8 Å². The van der Waals surface area contributed by atoms with Gasteiger partial charge in [0.1, 0.15) is 0 Å². The molecule has 4 heteroatoms. The molecule has 1 N–H and O–H groups in total. The normalized spacial score (nSPS) is 35.6. The van der Waals surface area contributed by atoms with Crippen LogP contribution in [0.4, 0.5) is 0 Å². The number of aliphatic hydroxyl groups is 1. The van der Waals surface area contributed by atoms with Gasteiger partial charge in [0.2, 0.25) is 0 Å². The molecule has 2 rings (SSSR count). The van der Waals surface area contributed by atoms with E-state index in [0.717, 1.165) is 26.3 Å². The summed E-state index contributed by atoms with van der Waals surface area (Å²) in [6.07, 6.45) is 2.40. The molecule has 0 bridgehead atoms. The van der Waals surface area contributed by atoms with Crippen molar-refractivity contribution in [2.24, 2.45) is 11.8 Å². The highest BCUT2D eigenvalue weighted by atomic mass is 16.5. The minimum atomic E-state index is 0.336. The number of ether oxygens (including phenoxy) is 1. The Morgan fingerprint density at radius 3 is 2.88 bits per heavy atom. The van der Waals surface area contributed by atoms with Crippen molar-refractivity contribution in [2.45, 2.75) is 18.9 Å². The van der Waals surface area contributed by atoms with Crippen LogP contribution in [0.15, 0.2) is 0 Å². The molecule has 3 atom stereocenters. The van der Waals surface area contributed by atoms with Gasteiger partial charge in [-0.05, 0) is 39.4 Å². The molecule has 2 aliphatic heterocycles. The first-order chi connectivity index (χ1) is 8.20. The van der Waals surface area contributed by atoms with Gasteiger partial charge in [0.05, 0.1) is 13.2 Å². The van der Waals surface area contributed by atoms with E-state index in [9.17, 15) is 5.11 Å². The summed E-state index contributed by atoms with van der Waals surface area (Å²) in [5, 5.41) is 9.30. The van der Waals surface area contributed by atoms with E-state index in [0.29, 0.717) is 24.5 Å². The van der Waals surface area contributed by atoms with Crippen LogP contribution in [0.5, 0.6) is 0 Å². The molecule has 2 aliphatic rings. The van der Waals surface area contributed by atoms with E-state index in [-0.39, 0.29) is 0 Å². The van der Waals surface area contributed by atoms with Crippen molar-refractivity contribution in [3.05, 3.63) is 0 Å². The average molecular weight is 242 g/mol. The van der Waals surface area contributed by atoms with Crippen LogP contribution in [0.25, 0.3) is 0 Å². The van der Waals surface area contributed by atoms with Gasteiger partial charge >= 0.3 is 0 Å². The van der Waals surface area contributed by atoms with E-state index in [4.69, 9.17) is 4.74 Å². The fourth-order valence-corrected chi connectivity index (χ4v) is 3.18. The van der Waals surface area contributed by atoms with E-state index < -0.39 is 0 Å². The Balaban J connectivity index is 1.90. The van der Waals surface area contributed by atoms with E-state index in [1.807, 2.05) is 0 Å². The second kappa shape index (κ2) is 6.14. The number of piperidine rings is 1. The van der Waals surface area contributed by atoms with Gasteiger partial charge in [-0.3, -0.25) is 4.90 Å². The molecule has 3 unspecified atom stereocenters. The Bertz CT molecular complexity index is 235. The first kappa shape index (κ1) is 13.3. The van der Waals surface area contributed by atoms with Gasteiger partial charge in [0.15, 0.2) is 0 Å². The van der Waals surface area contributed by atoms with Crippen LogP contribution < -0.4 is 0 Å². The summed E-state index contributed by atoms with van der Waals surface area (Å²) in [7, 11) is 4.25. The summed E-state index contributed by atoms with van der Waals surface area (Å²) in [5.41, 5.74) is 0. The van der Waals surface area contributed by atoms with Crippen LogP contribution in [0.3, 0.4) is 0 Å². The second-order valence-corrected chi connectivity index (χ2v) is 5.81. The molecular weight excluding hydrogens is 216 g/mol. The van der Waals surface area contributed by atoms with Crippen molar-refractivity contribution in [2.75, 3.05) is 53.6 Å². The third-order valence-corrected chi connectivity index (χ3v) is 4.04. The number of rotatable bonds is 4. The van der Waals surface area contributed by atoms with Crippen molar-refractivity contribution in [1.29, 1.82) is 0 Å². The van der Waals surface area contributed by atoms with Crippen molar-refractivity contribution in [1.82, 2.24) is 9.80 Å². The maximum absolute atomic E-state index is 9.30. The average Bonchev–Trinajstić information content (AvgIpc) is 2.76. The Morgan fingerprint density at radius 2 is 2.18 bits per heavy atom. The number of hydrogen-bond acceptors (Lipinski definition) is 4. The van der Waals surface area contributed by atoms with E-state index in [2.05, 4.69) is 23.9 Å². The molecule has 17 heavy (non-hydrogen) atoms. The molecule has 0 amide bonds. The molecule has 2 saturated heterocycles. The topological polar surface area (TPSA) is 35.9 Å². The molecule has 0 saturated carbocycles. The van der Waals surface area contributed by atoms with E-state index in [1.54, 1.807) is 0 Å². The molecule has 0 spiro atoms. The van der Waals surface area contributed by atoms with E-state index in [1.165, 1.54) is 19.4 Å². The van der Waals surface area contributed by atoms with Gasteiger partial charge in [-0.2, -0.15) is 0 Å².